The van der Waals surface area contributed by atoms with Crippen LogP contribution in [-0.2, 0) is 22.1 Å². The van der Waals surface area contributed by atoms with Crippen LogP contribution in [-0.4, -0.2) is 46.7 Å². The van der Waals surface area contributed by atoms with Crippen LogP contribution in [0.1, 0.15) is 23.7 Å². The highest BCUT2D eigenvalue weighted by atomic mass is 32.2. The van der Waals surface area contributed by atoms with Crippen molar-refractivity contribution in [3.05, 3.63) is 17.5 Å². The van der Waals surface area contributed by atoms with Crippen LogP contribution in [0.25, 0.3) is 0 Å². The molecule has 106 valence electrons. The Balaban J connectivity index is 2.39. The summed E-state index contributed by atoms with van der Waals surface area (Å²) in [6, 6.07) is -1.65. The summed E-state index contributed by atoms with van der Waals surface area (Å²) >= 11 is 0. The van der Waals surface area contributed by atoms with Crippen molar-refractivity contribution in [2.75, 3.05) is 7.05 Å². The second-order valence-corrected chi connectivity index (χ2v) is 6.35. The van der Waals surface area contributed by atoms with Gasteiger partial charge in [-0.25, -0.2) is 0 Å². The van der Waals surface area contributed by atoms with Crippen LogP contribution < -0.4 is 4.72 Å². The first-order valence-corrected chi connectivity index (χ1v) is 7.14. The van der Waals surface area contributed by atoms with Crippen molar-refractivity contribution in [3.8, 4) is 0 Å². The first kappa shape index (κ1) is 14.0. The number of aryl methyl sites for hydroxylation is 1. The Labute approximate surface area is 111 Å². The highest BCUT2D eigenvalue weighted by molar-refractivity contribution is 7.87. The highest BCUT2D eigenvalue weighted by Gasteiger charge is 2.41. The van der Waals surface area contributed by atoms with Crippen molar-refractivity contribution in [2.45, 2.75) is 25.4 Å². The Morgan fingerprint density at radius 1 is 1.53 bits per heavy atom. The molecule has 19 heavy (non-hydrogen) atoms. The predicted octanol–water partition coefficient (Wildman–Crippen LogP) is -0.607. The Kier molecular flexibility index (Phi) is 3.37. The molecule has 1 saturated heterocycles. The summed E-state index contributed by atoms with van der Waals surface area (Å²) in [6.45, 7) is 1.81. The maximum atomic E-state index is 11.9. The van der Waals surface area contributed by atoms with Crippen LogP contribution in [0.3, 0.4) is 0 Å². The Hall–Kier alpha value is -1.45. The zero-order chi connectivity index (χ0) is 14.4. The van der Waals surface area contributed by atoms with Crippen LogP contribution in [0, 0.1) is 6.92 Å². The van der Waals surface area contributed by atoms with E-state index in [9.17, 15) is 13.2 Å². The van der Waals surface area contributed by atoms with E-state index in [2.05, 4.69) is 9.82 Å². The minimum atomic E-state index is -3.80. The number of hydrogen-bond donors (Lipinski definition) is 2. The number of carboxylic acids is 1. The van der Waals surface area contributed by atoms with Crippen molar-refractivity contribution >= 4 is 16.2 Å². The van der Waals surface area contributed by atoms with E-state index in [1.165, 1.54) is 7.05 Å². The molecular formula is C10H16N4O4S. The summed E-state index contributed by atoms with van der Waals surface area (Å²) < 4.78 is 28.8. The molecule has 1 aliphatic heterocycles. The van der Waals surface area contributed by atoms with Gasteiger partial charge in [-0.1, -0.05) is 0 Å². The van der Waals surface area contributed by atoms with Gasteiger partial charge in [-0.15, -0.1) is 0 Å². The van der Waals surface area contributed by atoms with Crippen molar-refractivity contribution in [3.63, 3.8) is 0 Å². The molecule has 0 aromatic carbocycles. The first-order chi connectivity index (χ1) is 8.74. The SMILES string of the molecule is Cc1c([C@@H]2C[C@@H](C(=O)O)N(C)S(=O)(=O)N2)cnn1C. The summed E-state index contributed by atoms with van der Waals surface area (Å²) in [4.78, 5) is 11.2. The molecule has 2 atom stereocenters. The molecule has 0 aliphatic carbocycles. The molecule has 0 bridgehead atoms. The van der Waals surface area contributed by atoms with Crippen molar-refractivity contribution in [1.82, 2.24) is 18.8 Å². The summed E-state index contributed by atoms with van der Waals surface area (Å²) in [5, 5.41) is 13.2. The molecule has 2 rings (SSSR count). The second-order valence-electron chi connectivity index (χ2n) is 4.59. The van der Waals surface area contributed by atoms with Gasteiger partial charge >= 0.3 is 5.97 Å². The standard InChI is InChI=1S/C10H16N4O4S/c1-6-7(5-11-13(6)2)8-4-9(10(15)16)14(3)19(17,18)12-8/h5,8-9,12H,4H2,1-3H3,(H,15,16)/t8-,9-/m0/s1. The van der Waals surface area contributed by atoms with Gasteiger partial charge in [-0.05, 0) is 13.3 Å². The summed E-state index contributed by atoms with van der Waals surface area (Å²) in [6.07, 6.45) is 1.73. The van der Waals surface area contributed by atoms with Crippen LogP contribution in [0.2, 0.25) is 0 Å². The fourth-order valence-electron chi connectivity index (χ4n) is 2.15. The molecule has 1 aromatic heterocycles. The Morgan fingerprint density at radius 3 is 2.63 bits per heavy atom. The van der Waals surface area contributed by atoms with Gasteiger partial charge in [0.2, 0.25) is 0 Å². The number of aromatic nitrogens is 2. The van der Waals surface area contributed by atoms with E-state index in [4.69, 9.17) is 5.11 Å². The van der Waals surface area contributed by atoms with Crippen molar-refractivity contribution < 1.29 is 18.3 Å². The van der Waals surface area contributed by atoms with Crippen LogP contribution in [0.4, 0.5) is 0 Å². The molecule has 0 saturated carbocycles. The van der Waals surface area contributed by atoms with Gasteiger partial charge in [0.25, 0.3) is 10.2 Å². The van der Waals surface area contributed by atoms with E-state index in [0.29, 0.717) is 5.56 Å². The molecule has 0 spiro atoms. The number of aliphatic carboxylic acids is 1. The van der Waals surface area contributed by atoms with Crippen LogP contribution >= 0.6 is 0 Å². The molecule has 1 aromatic rings. The first-order valence-electron chi connectivity index (χ1n) is 5.70. The summed E-state index contributed by atoms with van der Waals surface area (Å²) in [5.74, 6) is -1.15. The van der Waals surface area contributed by atoms with Crippen LogP contribution in [0.5, 0.6) is 0 Å². The number of carboxylic acid groups (broad SMARTS) is 1. The molecular weight excluding hydrogens is 272 g/mol. The largest absolute Gasteiger partial charge is 0.480 e. The van der Waals surface area contributed by atoms with Crippen molar-refractivity contribution in [1.29, 1.82) is 0 Å². The van der Waals surface area contributed by atoms with Gasteiger partial charge in [0.05, 0.1) is 12.2 Å². The fraction of sp³-hybridized carbons (Fsp3) is 0.600. The second kappa shape index (κ2) is 4.58. The highest BCUT2D eigenvalue weighted by Crippen LogP contribution is 2.29. The predicted molar refractivity (Wildman–Crippen MR) is 66.5 cm³/mol. The molecule has 0 unspecified atom stereocenters. The van der Waals surface area contributed by atoms with Crippen LogP contribution in [0.15, 0.2) is 6.20 Å². The molecule has 2 heterocycles. The molecule has 9 heteroatoms. The fourth-order valence-corrected chi connectivity index (χ4v) is 3.42. The molecule has 1 aliphatic rings. The zero-order valence-corrected chi connectivity index (χ0v) is 11.7. The van der Waals surface area contributed by atoms with Gasteiger partial charge in [0.1, 0.15) is 6.04 Å². The molecule has 1 fully saturated rings. The van der Waals surface area contributed by atoms with Gasteiger partial charge in [-0.3, -0.25) is 9.48 Å². The van der Waals surface area contributed by atoms with E-state index >= 15 is 0 Å². The third-order valence-electron chi connectivity index (χ3n) is 3.50. The third-order valence-corrected chi connectivity index (χ3v) is 5.10. The number of likely N-dealkylation sites (N-methyl/N-ethyl adjacent to an activating group) is 1. The third kappa shape index (κ3) is 2.36. The van der Waals surface area contributed by atoms with Gasteiger partial charge in [0, 0.05) is 25.4 Å². The number of hydrogen-bond acceptors (Lipinski definition) is 4. The van der Waals surface area contributed by atoms with E-state index in [0.717, 1.165) is 10.00 Å². The molecule has 2 N–H and O–H groups in total. The summed E-state index contributed by atoms with van der Waals surface area (Å²) in [5.41, 5.74) is 1.51. The van der Waals surface area contributed by atoms with Gasteiger partial charge in [0.15, 0.2) is 0 Å². The quantitative estimate of drug-likeness (QED) is 0.755. The van der Waals surface area contributed by atoms with Gasteiger partial charge in [-0.2, -0.15) is 22.5 Å². The van der Waals surface area contributed by atoms with Gasteiger partial charge < -0.3 is 5.11 Å². The number of nitrogens with one attached hydrogen (secondary N) is 1. The Morgan fingerprint density at radius 2 is 2.16 bits per heavy atom. The minimum absolute atomic E-state index is 0.164. The lowest BCUT2D eigenvalue weighted by molar-refractivity contribution is -0.141. The van der Waals surface area contributed by atoms with Crippen molar-refractivity contribution in [2.24, 2.45) is 7.05 Å². The lowest BCUT2D eigenvalue weighted by Crippen LogP contribution is -2.54. The van der Waals surface area contributed by atoms with E-state index in [1.54, 1.807) is 17.9 Å². The zero-order valence-electron chi connectivity index (χ0n) is 10.9. The monoisotopic (exact) mass is 288 g/mol. The molecule has 0 amide bonds. The van der Waals surface area contributed by atoms with E-state index in [1.807, 2.05) is 6.92 Å². The minimum Gasteiger partial charge on any atom is -0.480 e. The number of carbonyl (C=O) groups is 1. The van der Waals surface area contributed by atoms with E-state index in [-0.39, 0.29) is 6.42 Å². The topological polar surface area (TPSA) is 105 Å². The molecule has 8 nitrogen and oxygen atoms in total. The maximum Gasteiger partial charge on any atom is 0.322 e. The lowest BCUT2D eigenvalue weighted by atomic mass is 10.0. The maximum absolute atomic E-state index is 11.9. The lowest BCUT2D eigenvalue weighted by Gasteiger charge is -2.34. The van der Waals surface area contributed by atoms with E-state index < -0.39 is 28.3 Å². The normalized spacial score (nSPS) is 27.3. The molecule has 0 radical (unpaired) electrons. The number of nitrogens with zero attached hydrogens (tertiary/aromatic N) is 3. The summed E-state index contributed by atoms with van der Waals surface area (Å²) in [7, 11) is -0.791. The number of rotatable bonds is 2. The smallest absolute Gasteiger partial charge is 0.322 e. The average molecular weight is 288 g/mol. The average Bonchev–Trinajstić information content (AvgIpc) is 2.63. The Bertz CT molecular complexity index is 609.